The molecule has 24 heteroatoms. The third-order valence-electron chi connectivity index (χ3n) is 13.1. The lowest BCUT2D eigenvalue weighted by Gasteiger charge is -2.35. The number of primary amides is 1. The molecule has 11 atom stereocenters. The highest BCUT2D eigenvalue weighted by Gasteiger charge is 2.48. The van der Waals surface area contributed by atoms with Crippen molar-refractivity contribution >= 4 is 59.2 Å². The van der Waals surface area contributed by atoms with E-state index >= 15 is 0 Å². The molecule has 0 radical (unpaired) electrons. The lowest BCUT2D eigenvalue weighted by Crippen LogP contribution is -2.63. The molecule has 0 saturated carbocycles. The number of nitrogens with one attached hydrogen (secondary N) is 6. The number of aliphatic hydroxyl groups is 3. The van der Waals surface area contributed by atoms with Crippen molar-refractivity contribution in [1.29, 1.82) is 0 Å². The molecule has 0 unspecified atom stereocenters. The predicted molar refractivity (Wildman–Crippen MR) is 231 cm³/mol. The van der Waals surface area contributed by atoms with E-state index in [0.29, 0.717) is 25.7 Å². The minimum absolute atomic E-state index is 0.00116. The molecular formula is C42H67N11O13. The predicted octanol–water partition coefficient (Wildman–Crippen LogP) is -4.75. The van der Waals surface area contributed by atoms with Crippen molar-refractivity contribution in [2.75, 3.05) is 39.3 Å². The van der Waals surface area contributed by atoms with E-state index in [4.69, 9.17) is 5.73 Å². The van der Waals surface area contributed by atoms with Crippen LogP contribution >= 0.6 is 0 Å². The summed E-state index contributed by atoms with van der Waals surface area (Å²) in [5, 5.41) is 47.1. The Balaban J connectivity index is 1.51. The maximum Gasteiger partial charge on any atom is 0.312 e. The highest BCUT2D eigenvalue weighted by Crippen LogP contribution is 2.29. The van der Waals surface area contributed by atoms with E-state index in [9.17, 15) is 63.3 Å². The van der Waals surface area contributed by atoms with Crippen LogP contribution < -0.4 is 37.6 Å². The molecule has 5 saturated heterocycles. The summed E-state index contributed by atoms with van der Waals surface area (Å²) in [4.78, 5) is 143. The van der Waals surface area contributed by atoms with E-state index < -0.39 is 138 Å². The van der Waals surface area contributed by atoms with Crippen LogP contribution in [-0.4, -0.2) is 200 Å². The maximum absolute atomic E-state index is 14.4. The summed E-state index contributed by atoms with van der Waals surface area (Å²) >= 11 is 0. The van der Waals surface area contributed by atoms with Crippen molar-refractivity contribution in [1.82, 2.24) is 51.5 Å². The third-order valence-corrected chi connectivity index (χ3v) is 13.1. The molecular weight excluding hydrogens is 867 g/mol. The average molecular weight is 934 g/mol. The molecule has 5 aliphatic rings. The average Bonchev–Trinajstić information content (AvgIpc) is 4.12. The Labute approximate surface area is 382 Å². The number of hydrogen-bond donors (Lipinski definition) is 10. The molecule has 11 N–H and O–H groups in total. The monoisotopic (exact) mass is 933 g/mol. The first-order valence-corrected chi connectivity index (χ1v) is 23.0. The van der Waals surface area contributed by atoms with Crippen molar-refractivity contribution in [3.8, 4) is 0 Å². The second-order valence-electron chi connectivity index (χ2n) is 18.2. The summed E-state index contributed by atoms with van der Waals surface area (Å²) in [7, 11) is 0. The number of urea groups is 1. The molecule has 5 fully saturated rings. The fourth-order valence-electron chi connectivity index (χ4n) is 9.50. The fourth-order valence-corrected chi connectivity index (χ4v) is 9.50. The van der Waals surface area contributed by atoms with Crippen LogP contribution in [0.2, 0.25) is 0 Å². The second-order valence-corrected chi connectivity index (χ2v) is 18.2. The number of aliphatic hydroxyl groups excluding tert-OH is 3. The highest BCUT2D eigenvalue weighted by atomic mass is 16.3. The number of nitrogens with zero attached hydrogens (tertiary/aromatic N) is 4. The van der Waals surface area contributed by atoms with E-state index in [2.05, 4.69) is 31.9 Å². The molecule has 24 nitrogen and oxygen atoms in total. The first-order chi connectivity index (χ1) is 31.3. The van der Waals surface area contributed by atoms with E-state index in [1.54, 1.807) is 13.8 Å². The van der Waals surface area contributed by atoms with Crippen molar-refractivity contribution in [3.05, 3.63) is 0 Å². The molecule has 5 heterocycles. The van der Waals surface area contributed by atoms with Gasteiger partial charge in [-0.15, -0.1) is 0 Å². The van der Waals surface area contributed by atoms with Gasteiger partial charge in [-0.25, -0.2) is 4.79 Å². The Morgan fingerprint density at radius 3 is 1.38 bits per heavy atom. The van der Waals surface area contributed by atoms with Gasteiger partial charge in [-0.1, -0.05) is 13.8 Å². The van der Waals surface area contributed by atoms with E-state index in [1.165, 1.54) is 28.5 Å². The summed E-state index contributed by atoms with van der Waals surface area (Å²) in [6.07, 6.45) is -0.615. The van der Waals surface area contributed by atoms with Gasteiger partial charge in [0.05, 0.1) is 18.8 Å². The lowest BCUT2D eigenvalue weighted by atomic mass is 10.0. The molecule has 0 aromatic carbocycles. The summed E-state index contributed by atoms with van der Waals surface area (Å²) in [6, 6.07) is -12.7. The first kappa shape index (κ1) is 51.4. The molecule has 0 aromatic heterocycles. The zero-order valence-electron chi connectivity index (χ0n) is 38.0. The molecule has 368 valence electrons. The van der Waals surface area contributed by atoms with Gasteiger partial charge in [-0.3, -0.25) is 43.2 Å². The van der Waals surface area contributed by atoms with Gasteiger partial charge in [-0.2, -0.15) is 0 Å². The smallest absolute Gasteiger partial charge is 0.312 e. The van der Waals surface area contributed by atoms with Crippen LogP contribution in [0.25, 0.3) is 0 Å². The van der Waals surface area contributed by atoms with Crippen molar-refractivity contribution in [2.24, 2.45) is 11.7 Å². The number of hydrogen-bond acceptors (Lipinski definition) is 13. The van der Waals surface area contributed by atoms with Crippen LogP contribution in [0, 0.1) is 5.92 Å². The van der Waals surface area contributed by atoms with Gasteiger partial charge in [0.25, 0.3) is 0 Å². The molecule has 5 rings (SSSR count). The molecule has 0 aliphatic carbocycles. The van der Waals surface area contributed by atoms with Gasteiger partial charge in [0.2, 0.25) is 53.2 Å². The number of carbonyl (C=O) groups excluding carboxylic acids is 10. The minimum Gasteiger partial charge on any atom is -0.394 e. The summed E-state index contributed by atoms with van der Waals surface area (Å²) in [5.41, 5.74) is 5.21. The standard InChI is InChI=1S/C42H67N11O13/c1-21(2)30-37(61)49-32(23(4)56)40(64)51-17-7-12-27(51)35(59)45-24(10-5-15-44-42(43)66)33(57)48-31(22(3)55)41(65)53-19-9-14-29(53)39(63)52-18-8-13-28(52)38(62)50-16-6-11-26(50)36(60)46-25(20-54)34(58)47-30/h21-32,54-56H,5-20H2,1-4H3,(H,45,59)(H,46,60)(H,47,58)(H,48,57)(H,49,61)(H3,43,44,66)/t22-,23-,24+,25+,26+,27+,28+,29+,30+,31+,32+/m1/s1. The van der Waals surface area contributed by atoms with Crippen LogP contribution in [-0.2, 0) is 43.2 Å². The van der Waals surface area contributed by atoms with Gasteiger partial charge >= 0.3 is 6.03 Å². The van der Waals surface area contributed by atoms with E-state index in [0.717, 1.165) is 4.90 Å². The number of rotatable bonds is 8. The van der Waals surface area contributed by atoms with Crippen LogP contribution in [0.1, 0.15) is 91.9 Å². The number of fused-ring (bicyclic) bond motifs is 4. The second kappa shape index (κ2) is 22.7. The largest absolute Gasteiger partial charge is 0.394 e. The van der Waals surface area contributed by atoms with Gasteiger partial charge in [0.15, 0.2) is 0 Å². The van der Waals surface area contributed by atoms with Gasteiger partial charge in [0, 0.05) is 32.7 Å². The summed E-state index contributed by atoms with van der Waals surface area (Å²) < 4.78 is 0. The van der Waals surface area contributed by atoms with E-state index in [1.807, 2.05) is 0 Å². The normalized spacial score (nSPS) is 31.2. The van der Waals surface area contributed by atoms with Crippen molar-refractivity contribution in [3.63, 3.8) is 0 Å². The quantitative estimate of drug-likeness (QED) is 0.102. The number of nitrogens with two attached hydrogens (primary N) is 1. The topological polar surface area (TPSA) is 343 Å². The number of amides is 11. The Morgan fingerprint density at radius 2 is 0.939 bits per heavy atom. The molecule has 5 aliphatic heterocycles. The van der Waals surface area contributed by atoms with Gasteiger partial charge in [0.1, 0.15) is 54.4 Å². The summed E-state index contributed by atoms with van der Waals surface area (Å²) in [5.74, 6) is -7.58. The van der Waals surface area contributed by atoms with Crippen LogP contribution in [0.3, 0.4) is 0 Å². The van der Waals surface area contributed by atoms with Gasteiger partial charge in [-0.05, 0) is 84.0 Å². The van der Waals surface area contributed by atoms with E-state index in [-0.39, 0.29) is 71.2 Å². The minimum atomic E-state index is -1.63. The zero-order chi connectivity index (χ0) is 48.6. The zero-order valence-corrected chi connectivity index (χ0v) is 38.0. The Morgan fingerprint density at radius 1 is 0.561 bits per heavy atom. The fraction of sp³-hybridized carbons (Fsp3) is 0.762. The Hall–Kier alpha value is -5.62. The highest BCUT2D eigenvalue weighted by molar-refractivity contribution is 6.00. The number of carbonyl (C=O) groups is 10. The van der Waals surface area contributed by atoms with Crippen LogP contribution in [0.4, 0.5) is 4.79 Å². The first-order valence-electron chi connectivity index (χ1n) is 23.0. The van der Waals surface area contributed by atoms with Crippen molar-refractivity contribution in [2.45, 2.75) is 158 Å². The van der Waals surface area contributed by atoms with Crippen LogP contribution in [0.5, 0.6) is 0 Å². The molecule has 11 amide bonds. The third kappa shape index (κ3) is 11.8. The van der Waals surface area contributed by atoms with Crippen molar-refractivity contribution < 1.29 is 63.3 Å². The molecule has 66 heavy (non-hydrogen) atoms. The molecule has 0 aromatic rings. The molecule has 0 spiro atoms. The Kier molecular flexibility index (Phi) is 17.7. The SMILES string of the molecule is CC(C)[C@@H]1NC(=O)[C@H](CO)NC(=O)[C@@H]2CCCN2C(=O)[C@@H]2CCCN2C(=O)[C@@H]2CCCN2C(=O)[C@H]([C@@H](C)O)NC(=O)[C@H](CCCNC(N)=O)NC(=O)[C@@H]2CCCN2C(=O)[C@H]([C@@H](C)O)NC1=O. The maximum atomic E-state index is 14.4. The van der Waals surface area contributed by atoms with Gasteiger partial charge < -0.3 is 72.6 Å². The Bertz CT molecular complexity index is 1870. The molecule has 0 bridgehead atoms. The van der Waals surface area contributed by atoms with Crippen LogP contribution in [0.15, 0.2) is 0 Å². The summed E-state index contributed by atoms with van der Waals surface area (Å²) in [6.45, 7) is 5.28. The lowest BCUT2D eigenvalue weighted by molar-refractivity contribution is -0.152.